The monoisotopic (exact) mass is 253 g/mol. The Balaban J connectivity index is 2.14. The van der Waals surface area contributed by atoms with Crippen molar-refractivity contribution >= 4 is 6.09 Å². The van der Waals surface area contributed by atoms with Crippen molar-refractivity contribution in [1.29, 1.82) is 0 Å². The van der Waals surface area contributed by atoms with E-state index >= 15 is 0 Å². The highest BCUT2D eigenvalue weighted by atomic mass is 19.4. The lowest BCUT2D eigenvalue weighted by molar-refractivity contribution is -0.188. The Hall–Kier alpha value is -0.940. The molecule has 0 aromatic rings. The van der Waals surface area contributed by atoms with E-state index in [1.807, 2.05) is 6.92 Å². The summed E-state index contributed by atoms with van der Waals surface area (Å²) in [6.07, 6.45) is -2.83. The molecule has 0 spiro atoms. The number of halogens is 3. The normalized spacial score (nSPS) is 17.6. The molecule has 0 atom stereocenters. The van der Waals surface area contributed by atoms with E-state index in [9.17, 15) is 18.0 Å². The van der Waals surface area contributed by atoms with Crippen LogP contribution < -0.4 is 5.32 Å². The third-order valence-electron chi connectivity index (χ3n) is 3.06. The molecular weight excluding hydrogens is 235 g/mol. The number of alkyl halides is 3. The number of alkyl carbamates (subject to hydrolysis) is 1. The zero-order valence-corrected chi connectivity index (χ0v) is 9.90. The highest BCUT2D eigenvalue weighted by Gasteiger charge is 2.62. The van der Waals surface area contributed by atoms with Gasteiger partial charge in [-0.25, -0.2) is 4.79 Å². The van der Waals surface area contributed by atoms with Gasteiger partial charge < -0.3 is 10.1 Å². The molecule has 0 aromatic heterocycles. The van der Waals surface area contributed by atoms with E-state index in [-0.39, 0.29) is 25.8 Å². The maximum Gasteiger partial charge on any atom is 0.407 e. The van der Waals surface area contributed by atoms with Gasteiger partial charge in [-0.05, 0) is 25.7 Å². The summed E-state index contributed by atoms with van der Waals surface area (Å²) in [6.45, 7) is 2.29. The minimum absolute atomic E-state index is 0.0183. The Morgan fingerprint density at radius 1 is 1.41 bits per heavy atom. The first-order valence-corrected chi connectivity index (χ1v) is 5.89. The third kappa shape index (κ3) is 4.09. The second kappa shape index (κ2) is 5.60. The van der Waals surface area contributed by atoms with Crippen LogP contribution in [0.1, 0.15) is 39.0 Å². The Morgan fingerprint density at radius 2 is 2.06 bits per heavy atom. The van der Waals surface area contributed by atoms with E-state index in [1.165, 1.54) is 0 Å². The standard InChI is InChI=1S/C11H18F3NO2/c1-2-3-8-17-9(16)15-7-6-10(4-5-10)11(12,13)14/h2-8H2,1H3,(H,15,16). The first-order valence-electron chi connectivity index (χ1n) is 5.89. The van der Waals surface area contributed by atoms with Gasteiger partial charge in [0.1, 0.15) is 0 Å². The largest absolute Gasteiger partial charge is 0.450 e. The van der Waals surface area contributed by atoms with Crippen molar-refractivity contribution in [2.24, 2.45) is 5.41 Å². The Bertz CT molecular complexity index is 262. The van der Waals surface area contributed by atoms with E-state index in [0.717, 1.165) is 12.8 Å². The van der Waals surface area contributed by atoms with Crippen LogP contribution >= 0.6 is 0 Å². The van der Waals surface area contributed by atoms with Gasteiger partial charge in [0, 0.05) is 6.54 Å². The molecule has 1 aliphatic carbocycles. The van der Waals surface area contributed by atoms with Crippen molar-refractivity contribution in [3.63, 3.8) is 0 Å². The molecule has 3 nitrogen and oxygen atoms in total. The van der Waals surface area contributed by atoms with Gasteiger partial charge in [-0.3, -0.25) is 0 Å². The number of amides is 1. The zero-order chi connectivity index (χ0) is 12.9. The molecular formula is C11H18F3NO2. The van der Waals surface area contributed by atoms with Gasteiger partial charge in [0.05, 0.1) is 12.0 Å². The molecule has 1 rings (SSSR count). The van der Waals surface area contributed by atoms with Crippen LogP contribution in [0.25, 0.3) is 0 Å². The molecule has 6 heteroatoms. The second-order valence-corrected chi connectivity index (χ2v) is 4.44. The topological polar surface area (TPSA) is 38.3 Å². The summed E-state index contributed by atoms with van der Waals surface area (Å²) < 4.78 is 42.3. The summed E-state index contributed by atoms with van der Waals surface area (Å²) in [7, 11) is 0. The van der Waals surface area contributed by atoms with E-state index in [2.05, 4.69) is 5.32 Å². The first kappa shape index (κ1) is 14.1. The average Bonchev–Trinajstić information content (AvgIpc) is 2.98. The fraction of sp³-hybridized carbons (Fsp3) is 0.909. The van der Waals surface area contributed by atoms with Crippen molar-refractivity contribution in [3.8, 4) is 0 Å². The molecule has 1 N–H and O–H groups in total. The minimum atomic E-state index is -4.15. The summed E-state index contributed by atoms with van der Waals surface area (Å²) in [4.78, 5) is 11.1. The predicted molar refractivity (Wildman–Crippen MR) is 56.6 cm³/mol. The lowest BCUT2D eigenvalue weighted by Gasteiger charge is -2.18. The molecule has 1 aliphatic rings. The van der Waals surface area contributed by atoms with Gasteiger partial charge in [-0.1, -0.05) is 13.3 Å². The lowest BCUT2D eigenvalue weighted by atomic mass is 10.0. The SMILES string of the molecule is CCCCOC(=O)NCCC1(C(F)(F)F)CC1. The molecule has 0 heterocycles. The molecule has 1 fully saturated rings. The number of unbranched alkanes of at least 4 members (excludes halogenated alkanes) is 1. The minimum Gasteiger partial charge on any atom is -0.450 e. The van der Waals surface area contributed by atoms with E-state index in [1.54, 1.807) is 0 Å². The Morgan fingerprint density at radius 3 is 2.53 bits per heavy atom. The first-order chi connectivity index (χ1) is 7.91. The van der Waals surface area contributed by atoms with Crippen molar-refractivity contribution < 1.29 is 22.7 Å². The van der Waals surface area contributed by atoms with Crippen LogP contribution in [0.4, 0.5) is 18.0 Å². The summed E-state index contributed by atoms with van der Waals surface area (Å²) in [6, 6.07) is 0. The Labute approximate surface area is 98.7 Å². The van der Waals surface area contributed by atoms with E-state index < -0.39 is 17.7 Å². The smallest absolute Gasteiger partial charge is 0.407 e. The van der Waals surface area contributed by atoms with Crippen LogP contribution in [0.5, 0.6) is 0 Å². The Kier molecular flexibility index (Phi) is 4.65. The second-order valence-electron chi connectivity index (χ2n) is 4.44. The summed E-state index contributed by atoms with van der Waals surface area (Å²) in [5.74, 6) is 0. The molecule has 0 saturated heterocycles. The fourth-order valence-corrected chi connectivity index (χ4v) is 1.59. The zero-order valence-electron chi connectivity index (χ0n) is 9.90. The highest BCUT2D eigenvalue weighted by Crippen LogP contribution is 2.59. The number of carbonyl (C=O) groups excluding carboxylic acids is 1. The fourth-order valence-electron chi connectivity index (χ4n) is 1.59. The van der Waals surface area contributed by atoms with Crippen LogP contribution in [0.15, 0.2) is 0 Å². The quantitative estimate of drug-likeness (QED) is 0.738. The van der Waals surface area contributed by atoms with Gasteiger partial charge in [-0.15, -0.1) is 0 Å². The number of ether oxygens (including phenoxy) is 1. The maximum absolute atomic E-state index is 12.5. The average molecular weight is 253 g/mol. The van der Waals surface area contributed by atoms with Crippen LogP contribution in [0.3, 0.4) is 0 Å². The number of hydrogen-bond acceptors (Lipinski definition) is 2. The predicted octanol–water partition coefficient (Wildman–Crippen LogP) is 3.25. The molecule has 1 saturated carbocycles. The van der Waals surface area contributed by atoms with Gasteiger partial charge in [0.2, 0.25) is 0 Å². The van der Waals surface area contributed by atoms with E-state index in [4.69, 9.17) is 4.74 Å². The third-order valence-corrected chi connectivity index (χ3v) is 3.06. The van der Waals surface area contributed by atoms with Crippen molar-refractivity contribution in [1.82, 2.24) is 5.32 Å². The van der Waals surface area contributed by atoms with Crippen LogP contribution in [0.2, 0.25) is 0 Å². The van der Waals surface area contributed by atoms with Crippen LogP contribution in [-0.4, -0.2) is 25.4 Å². The van der Waals surface area contributed by atoms with Crippen LogP contribution in [-0.2, 0) is 4.74 Å². The van der Waals surface area contributed by atoms with Gasteiger partial charge >= 0.3 is 12.3 Å². The van der Waals surface area contributed by atoms with Gasteiger partial charge in [-0.2, -0.15) is 13.2 Å². The van der Waals surface area contributed by atoms with Crippen molar-refractivity contribution in [3.05, 3.63) is 0 Å². The molecule has 0 aliphatic heterocycles. The number of rotatable bonds is 6. The number of hydrogen-bond donors (Lipinski definition) is 1. The molecule has 100 valence electrons. The molecule has 17 heavy (non-hydrogen) atoms. The number of carbonyl (C=O) groups is 1. The van der Waals surface area contributed by atoms with Crippen LogP contribution in [0, 0.1) is 5.41 Å². The van der Waals surface area contributed by atoms with Crippen molar-refractivity contribution in [2.45, 2.75) is 45.2 Å². The number of nitrogens with one attached hydrogen (secondary N) is 1. The molecule has 0 aromatic carbocycles. The molecule has 0 bridgehead atoms. The van der Waals surface area contributed by atoms with Gasteiger partial charge in [0.25, 0.3) is 0 Å². The van der Waals surface area contributed by atoms with Gasteiger partial charge in [0.15, 0.2) is 0 Å². The summed E-state index contributed by atoms with van der Waals surface area (Å²) in [5.41, 5.74) is -1.55. The molecule has 1 amide bonds. The maximum atomic E-state index is 12.5. The van der Waals surface area contributed by atoms with Crippen molar-refractivity contribution in [2.75, 3.05) is 13.2 Å². The lowest BCUT2D eigenvalue weighted by Crippen LogP contribution is -2.32. The summed E-state index contributed by atoms with van der Waals surface area (Å²) >= 11 is 0. The summed E-state index contributed by atoms with van der Waals surface area (Å²) in [5, 5.41) is 2.35. The molecule has 0 unspecified atom stereocenters. The highest BCUT2D eigenvalue weighted by molar-refractivity contribution is 5.67. The molecule has 0 radical (unpaired) electrons. The van der Waals surface area contributed by atoms with E-state index in [0.29, 0.717) is 6.61 Å².